The maximum atomic E-state index is 12.0. The zero-order chi connectivity index (χ0) is 13.1. The highest BCUT2D eigenvalue weighted by atomic mass is 16.1. The van der Waals surface area contributed by atoms with Crippen LogP contribution in [-0.4, -0.2) is 14.1 Å². The Bertz CT molecular complexity index is 660. The molecule has 0 aliphatic carbocycles. The molecular formula is C13H14N4O. The van der Waals surface area contributed by atoms with E-state index in [0.717, 1.165) is 11.5 Å². The number of nitriles is 1. The lowest BCUT2D eigenvalue weighted by Crippen LogP contribution is -2.25. The van der Waals surface area contributed by atoms with Gasteiger partial charge in [-0.2, -0.15) is 5.26 Å². The molecule has 0 bridgehead atoms. The molecule has 0 radical (unpaired) electrons. The Morgan fingerprint density at radius 3 is 2.83 bits per heavy atom. The third-order valence-electron chi connectivity index (χ3n) is 2.99. The number of aryl methyl sites for hydroxylation is 3. The third-order valence-corrected chi connectivity index (χ3v) is 2.99. The summed E-state index contributed by atoms with van der Waals surface area (Å²) in [6, 6.07) is 5.27. The first-order valence-electron chi connectivity index (χ1n) is 5.70. The summed E-state index contributed by atoms with van der Waals surface area (Å²) in [6.07, 6.45) is 4.27. The summed E-state index contributed by atoms with van der Waals surface area (Å²) >= 11 is 0. The second-order valence-corrected chi connectivity index (χ2v) is 4.16. The molecule has 0 atom stereocenters. The van der Waals surface area contributed by atoms with Gasteiger partial charge in [0.05, 0.1) is 0 Å². The molecule has 92 valence electrons. The molecule has 18 heavy (non-hydrogen) atoms. The molecule has 2 rings (SSSR count). The standard InChI is InChI=1S/C13H14N4O/c1-10-3-4-11(9-14)13(18)17(10)7-5-12-15-6-8-16(12)2/h3-4,6,8H,5,7H2,1-2H3. The Labute approximate surface area is 105 Å². The van der Waals surface area contributed by atoms with Crippen LogP contribution in [0.2, 0.25) is 0 Å². The largest absolute Gasteiger partial charge is 0.338 e. The number of rotatable bonds is 3. The number of hydrogen-bond donors (Lipinski definition) is 0. The van der Waals surface area contributed by atoms with Gasteiger partial charge in [-0.15, -0.1) is 0 Å². The van der Waals surface area contributed by atoms with Gasteiger partial charge >= 0.3 is 0 Å². The van der Waals surface area contributed by atoms with Gasteiger partial charge in [0, 0.05) is 38.1 Å². The molecule has 0 amide bonds. The first kappa shape index (κ1) is 12.1. The van der Waals surface area contributed by atoms with Crippen LogP contribution in [-0.2, 0) is 20.0 Å². The second-order valence-electron chi connectivity index (χ2n) is 4.16. The van der Waals surface area contributed by atoms with Crippen LogP contribution in [0.3, 0.4) is 0 Å². The van der Waals surface area contributed by atoms with E-state index in [-0.39, 0.29) is 11.1 Å². The monoisotopic (exact) mass is 242 g/mol. The topological polar surface area (TPSA) is 63.6 Å². The molecule has 2 aromatic heterocycles. The molecule has 2 aromatic rings. The summed E-state index contributed by atoms with van der Waals surface area (Å²) in [4.78, 5) is 16.2. The van der Waals surface area contributed by atoms with Crippen LogP contribution in [0.1, 0.15) is 17.1 Å². The van der Waals surface area contributed by atoms with Crippen molar-refractivity contribution in [1.29, 1.82) is 5.26 Å². The minimum atomic E-state index is -0.230. The van der Waals surface area contributed by atoms with Gasteiger partial charge in [0.2, 0.25) is 0 Å². The average molecular weight is 242 g/mol. The molecule has 0 saturated heterocycles. The van der Waals surface area contributed by atoms with Gasteiger partial charge in [-0.1, -0.05) is 0 Å². The van der Waals surface area contributed by atoms with Gasteiger partial charge in [-0.05, 0) is 19.1 Å². The van der Waals surface area contributed by atoms with Gasteiger partial charge in [0.15, 0.2) is 0 Å². The van der Waals surface area contributed by atoms with Crippen LogP contribution in [0, 0.1) is 18.3 Å². The molecule has 5 nitrogen and oxygen atoms in total. The maximum absolute atomic E-state index is 12.0. The normalized spacial score (nSPS) is 10.3. The van der Waals surface area contributed by atoms with Crippen LogP contribution in [0.4, 0.5) is 0 Å². The van der Waals surface area contributed by atoms with Crippen LogP contribution < -0.4 is 5.56 Å². The smallest absolute Gasteiger partial charge is 0.268 e. The van der Waals surface area contributed by atoms with Crippen molar-refractivity contribution in [3.63, 3.8) is 0 Å². The molecule has 0 unspecified atom stereocenters. The van der Waals surface area contributed by atoms with Crippen LogP contribution in [0.5, 0.6) is 0 Å². The molecule has 0 aliphatic rings. The van der Waals surface area contributed by atoms with E-state index in [2.05, 4.69) is 4.98 Å². The van der Waals surface area contributed by atoms with Crippen molar-refractivity contribution in [1.82, 2.24) is 14.1 Å². The molecule has 0 spiro atoms. The lowest BCUT2D eigenvalue weighted by Gasteiger charge is -2.09. The van der Waals surface area contributed by atoms with Crippen molar-refractivity contribution < 1.29 is 0 Å². The minimum Gasteiger partial charge on any atom is -0.338 e. The molecule has 0 N–H and O–H groups in total. The fraction of sp³-hybridized carbons (Fsp3) is 0.308. The molecule has 2 heterocycles. The molecule has 0 saturated carbocycles. The lowest BCUT2D eigenvalue weighted by atomic mass is 10.2. The summed E-state index contributed by atoms with van der Waals surface area (Å²) in [5.74, 6) is 0.920. The van der Waals surface area contributed by atoms with Crippen LogP contribution >= 0.6 is 0 Å². The number of aromatic nitrogens is 3. The van der Waals surface area contributed by atoms with Gasteiger partial charge in [0.25, 0.3) is 5.56 Å². The molecular weight excluding hydrogens is 228 g/mol. The number of imidazole rings is 1. The molecule has 0 aromatic carbocycles. The fourth-order valence-corrected chi connectivity index (χ4v) is 1.88. The fourth-order valence-electron chi connectivity index (χ4n) is 1.88. The van der Waals surface area contributed by atoms with Gasteiger partial charge < -0.3 is 9.13 Å². The predicted octanol–water partition coefficient (Wildman–Crippen LogP) is 1.00. The number of hydrogen-bond acceptors (Lipinski definition) is 3. The predicted molar refractivity (Wildman–Crippen MR) is 67.1 cm³/mol. The van der Waals surface area contributed by atoms with E-state index in [1.165, 1.54) is 0 Å². The molecule has 0 aliphatic heterocycles. The molecule has 0 fully saturated rings. The van der Waals surface area contributed by atoms with Crippen molar-refractivity contribution in [3.05, 3.63) is 52.0 Å². The zero-order valence-corrected chi connectivity index (χ0v) is 10.4. The first-order valence-corrected chi connectivity index (χ1v) is 5.70. The Hall–Kier alpha value is -2.35. The van der Waals surface area contributed by atoms with E-state index in [1.807, 2.05) is 30.8 Å². The average Bonchev–Trinajstić information content (AvgIpc) is 2.75. The molecule has 5 heteroatoms. The maximum Gasteiger partial charge on any atom is 0.268 e. The Morgan fingerprint density at radius 1 is 1.44 bits per heavy atom. The van der Waals surface area contributed by atoms with E-state index in [0.29, 0.717) is 13.0 Å². The second kappa shape index (κ2) is 4.88. The minimum absolute atomic E-state index is 0.181. The van der Waals surface area contributed by atoms with E-state index in [1.54, 1.807) is 22.9 Å². The SMILES string of the molecule is Cc1ccc(C#N)c(=O)n1CCc1nccn1C. The summed E-state index contributed by atoms with van der Waals surface area (Å²) in [5, 5.41) is 8.85. The summed E-state index contributed by atoms with van der Waals surface area (Å²) < 4.78 is 3.54. The van der Waals surface area contributed by atoms with Crippen molar-refractivity contribution in [2.45, 2.75) is 19.9 Å². The highest BCUT2D eigenvalue weighted by Crippen LogP contribution is 2.01. The Morgan fingerprint density at radius 2 is 2.22 bits per heavy atom. The highest BCUT2D eigenvalue weighted by molar-refractivity contribution is 5.27. The van der Waals surface area contributed by atoms with Crippen molar-refractivity contribution in [2.75, 3.05) is 0 Å². The van der Waals surface area contributed by atoms with Crippen molar-refractivity contribution >= 4 is 0 Å². The first-order chi connectivity index (χ1) is 8.63. The highest BCUT2D eigenvalue weighted by Gasteiger charge is 2.07. The van der Waals surface area contributed by atoms with E-state index >= 15 is 0 Å². The van der Waals surface area contributed by atoms with E-state index < -0.39 is 0 Å². The Kier molecular flexibility index (Phi) is 3.28. The van der Waals surface area contributed by atoms with Gasteiger partial charge in [-0.3, -0.25) is 4.79 Å². The third kappa shape index (κ3) is 2.18. The summed E-state index contributed by atoms with van der Waals surface area (Å²) in [6.45, 7) is 2.39. The lowest BCUT2D eigenvalue weighted by molar-refractivity contribution is 0.616. The number of nitrogens with zero attached hydrogens (tertiary/aromatic N) is 4. The quantitative estimate of drug-likeness (QED) is 0.806. The zero-order valence-electron chi connectivity index (χ0n) is 10.4. The van der Waals surface area contributed by atoms with Gasteiger partial charge in [-0.25, -0.2) is 4.98 Å². The van der Waals surface area contributed by atoms with Gasteiger partial charge in [0.1, 0.15) is 17.5 Å². The summed E-state index contributed by atoms with van der Waals surface area (Å²) in [7, 11) is 1.92. The Balaban J connectivity index is 2.28. The van der Waals surface area contributed by atoms with E-state index in [9.17, 15) is 4.79 Å². The van der Waals surface area contributed by atoms with E-state index in [4.69, 9.17) is 5.26 Å². The summed E-state index contributed by atoms with van der Waals surface area (Å²) in [5.41, 5.74) is 0.806. The van der Waals surface area contributed by atoms with Crippen molar-refractivity contribution in [3.8, 4) is 6.07 Å². The van der Waals surface area contributed by atoms with Crippen molar-refractivity contribution in [2.24, 2.45) is 7.05 Å². The number of pyridine rings is 1. The van der Waals surface area contributed by atoms with Crippen LogP contribution in [0.15, 0.2) is 29.3 Å². The van der Waals surface area contributed by atoms with Crippen LogP contribution in [0.25, 0.3) is 0 Å².